The highest BCUT2D eigenvalue weighted by molar-refractivity contribution is 14.1. The van der Waals surface area contributed by atoms with E-state index in [1.807, 2.05) is 0 Å². The van der Waals surface area contributed by atoms with Gasteiger partial charge in [0.1, 0.15) is 9.53 Å². The van der Waals surface area contributed by atoms with Crippen molar-refractivity contribution in [2.45, 2.75) is 45.6 Å². The molecule has 0 aliphatic heterocycles. The maximum Gasteiger partial charge on any atom is 0.119 e. The number of aromatic nitrogens is 2. The molecule has 1 aliphatic rings. The molecule has 0 saturated heterocycles. The van der Waals surface area contributed by atoms with E-state index in [1.54, 1.807) is 0 Å². The third kappa shape index (κ3) is 2.30. The molecule has 78 valence electrons. The van der Waals surface area contributed by atoms with E-state index in [2.05, 4.69) is 59.1 Å². The number of nitrogens with zero attached hydrogens (tertiary/aromatic N) is 2. The smallest absolute Gasteiger partial charge is 0.119 e. The lowest BCUT2D eigenvalue weighted by molar-refractivity contribution is 0.484. The summed E-state index contributed by atoms with van der Waals surface area (Å²) >= 11 is 2.30. The number of hydrogen-bond acceptors (Lipinski definition) is 1. The minimum absolute atomic E-state index is 0.165. The van der Waals surface area contributed by atoms with Crippen LogP contribution in [0, 0.1) is 9.62 Å². The summed E-state index contributed by atoms with van der Waals surface area (Å²) in [6, 6.07) is 0. The Balaban J connectivity index is 2.27. The van der Waals surface area contributed by atoms with Crippen LogP contribution in [0.3, 0.4) is 0 Å². The van der Waals surface area contributed by atoms with Crippen molar-refractivity contribution in [2.24, 2.45) is 5.92 Å². The Morgan fingerprint density at radius 1 is 1.50 bits per heavy atom. The third-order valence-corrected chi connectivity index (χ3v) is 3.09. The zero-order valence-corrected chi connectivity index (χ0v) is 11.2. The van der Waals surface area contributed by atoms with Crippen LogP contribution in [-0.2, 0) is 12.0 Å². The van der Waals surface area contributed by atoms with Gasteiger partial charge in [-0.15, -0.1) is 0 Å². The van der Waals surface area contributed by atoms with Crippen LogP contribution in [0.2, 0.25) is 0 Å². The standard InChI is InChI=1S/C11H17IN2/c1-11(2,3)10-13-9(12)7-14(10)6-8-4-5-8/h7-8H,4-6H2,1-3H3. The Bertz CT molecular complexity index is 332. The van der Waals surface area contributed by atoms with Crippen molar-refractivity contribution in [1.82, 2.24) is 9.55 Å². The van der Waals surface area contributed by atoms with Gasteiger partial charge in [0.05, 0.1) is 0 Å². The predicted molar refractivity (Wildman–Crippen MR) is 66.4 cm³/mol. The van der Waals surface area contributed by atoms with Gasteiger partial charge in [0, 0.05) is 18.2 Å². The summed E-state index contributed by atoms with van der Waals surface area (Å²) in [7, 11) is 0. The van der Waals surface area contributed by atoms with Crippen LogP contribution in [0.15, 0.2) is 6.20 Å². The molecule has 2 rings (SSSR count). The van der Waals surface area contributed by atoms with E-state index in [0.29, 0.717) is 0 Å². The van der Waals surface area contributed by atoms with E-state index in [4.69, 9.17) is 0 Å². The summed E-state index contributed by atoms with van der Waals surface area (Å²) in [5, 5.41) is 0. The molecule has 0 radical (unpaired) electrons. The molecule has 0 spiro atoms. The molecular formula is C11H17IN2. The molecule has 1 saturated carbocycles. The Morgan fingerprint density at radius 3 is 2.64 bits per heavy atom. The van der Waals surface area contributed by atoms with Crippen molar-refractivity contribution in [3.63, 3.8) is 0 Å². The van der Waals surface area contributed by atoms with Crippen molar-refractivity contribution in [1.29, 1.82) is 0 Å². The van der Waals surface area contributed by atoms with Crippen LogP contribution >= 0.6 is 22.6 Å². The minimum atomic E-state index is 0.165. The van der Waals surface area contributed by atoms with Crippen LogP contribution in [0.5, 0.6) is 0 Å². The van der Waals surface area contributed by atoms with Crippen molar-refractivity contribution in [3.05, 3.63) is 15.7 Å². The highest BCUT2D eigenvalue weighted by atomic mass is 127. The summed E-state index contributed by atoms with van der Waals surface area (Å²) in [4.78, 5) is 4.61. The Morgan fingerprint density at radius 2 is 2.14 bits per heavy atom. The first-order valence-electron chi connectivity index (χ1n) is 5.20. The second kappa shape index (κ2) is 3.51. The van der Waals surface area contributed by atoms with Crippen molar-refractivity contribution in [2.75, 3.05) is 0 Å². The van der Waals surface area contributed by atoms with E-state index in [0.717, 1.165) is 9.62 Å². The highest BCUT2D eigenvalue weighted by Gasteiger charge is 2.26. The first-order valence-corrected chi connectivity index (χ1v) is 6.28. The molecule has 1 aliphatic carbocycles. The second-order valence-corrected chi connectivity index (χ2v) is 6.34. The van der Waals surface area contributed by atoms with Gasteiger partial charge >= 0.3 is 0 Å². The molecule has 0 aromatic carbocycles. The van der Waals surface area contributed by atoms with E-state index >= 15 is 0 Å². The van der Waals surface area contributed by atoms with Crippen molar-refractivity contribution >= 4 is 22.6 Å². The van der Waals surface area contributed by atoms with Gasteiger partial charge < -0.3 is 4.57 Å². The lowest BCUT2D eigenvalue weighted by atomic mass is 9.95. The largest absolute Gasteiger partial charge is 0.333 e. The topological polar surface area (TPSA) is 17.8 Å². The quantitative estimate of drug-likeness (QED) is 0.767. The van der Waals surface area contributed by atoms with E-state index in [1.165, 1.54) is 25.2 Å². The zero-order chi connectivity index (χ0) is 10.3. The number of halogens is 1. The van der Waals surface area contributed by atoms with Gasteiger partial charge in [-0.1, -0.05) is 20.8 Å². The fourth-order valence-electron chi connectivity index (χ4n) is 1.70. The molecule has 0 bridgehead atoms. The first kappa shape index (κ1) is 10.5. The van der Waals surface area contributed by atoms with Crippen LogP contribution in [0.4, 0.5) is 0 Å². The maximum absolute atomic E-state index is 4.61. The molecule has 1 aromatic heterocycles. The van der Waals surface area contributed by atoms with Crippen LogP contribution in [-0.4, -0.2) is 9.55 Å². The molecule has 0 unspecified atom stereocenters. The van der Waals surface area contributed by atoms with Crippen molar-refractivity contribution in [3.8, 4) is 0 Å². The van der Waals surface area contributed by atoms with Gasteiger partial charge in [-0.05, 0) is 41.4 Å². The molecule has 1 aromatic rings. The fourth-order valence-corrected chi connectivity index (χ4v) is 2.26. The summed E-state index contributed by atoms with van der Waals surface area (Å²) in [5.74, 6) is 2.15. The monoisotopic (exact) mass is 304 g/mol. The Hall–Kier alpha value is -0.0600. The Labute approximate surface area is 99.2 Å². The molecule has 0 atom stereocenters. The number of rotatable bonds is 2. The summed E-state index contributed by atoms with van der Waals surface area (Å²) in [6.45, 7) is 7.86. The average molecular weight is 304 g/mol. The minimum Gasteiger partial charge on any atom is -0.333 e. The van der Waals surface area contributed by atoms with E-state index in [9.17, 15) is 0 Å². The van der Waals surface area contributed by atoms with E-state index < -0.39 is 0 Å². The average Bonchev–Trinajstić information content (AvgIpc) is 2.73. The van der Waals surface area contributed by atoms with Crippen LogP contribution < -0.4 is 0 Å². The lowest BCUT2D eigenvalue weighted by Gasteiger charge is -2.19. The van der Waals surface area contributed by atoms with Gasteiger partial charge in [-0.3, -0.25) is 0 Å². The molecule has 1 heterocycles. The third-order valence-electron chi connectivity index (χ3n) is 2.57. The van der Waals surface area contributed by atoms with Crippen LogP contribution in [0.1, 0.15) is 39.4 Å². The molecule has 1 fully saturated rings. The molecule has 14 heavy (non-hydrogen) atoms. The highest BCUT2D eigenvalue weighted by Crippen LogP contribution is 2.32. The fraction of sp³-hybridized carbons (Fsp3) is 0.727. The molecule has 0 N–H and O–H groups in total. The molecular weight excluding hydrogens is 287 g/mol. The lowest BCUT2D eigenvalue weighted by Crippen LogP contribution is -2.19. The molecule has 2 nitrogen and oxygen atoms in total. The number of hydrogen-bond donors (Lipinski definition) is 0. The van der Waals surface area contributed by atoms with Gasteiger partial charge in [0.25, 0.3) is 0 Å². The summed E-state index contributed by atoms with van der Waals surface area (Å²) in [5.41, 5.74) is 0.165. The zero-order valence-electron chi connectivity index (χ0n) is 9.05. The first-order chi connectivity index (χ1) is 6.47. The normalized spacial score (nSPS) is 17.4. The van der Waals surface area contributed by atoms with Gasteiger partial charge in [0.15, 0.2) is 0 Å². The van der Waals surface area contributed by atoms with Crippen LogP contribution in [0.25, 0.3) is 0 Å². The molecule has 0 amide bonds. The van der Waals surface area contributed by atoms with Gasteiger partial charge in [-0.25, -0.2) is 4.98 Å². The SMILES string of the molecule is CC(C)(C)c1nc(I)cn1CC1CC1. The second-order valence-electron chi connectivity index (χ2n) is 5.23. The van der Waals surface area contributed by atoms with E-state index in [-0.39, 0.29) is 5.41 Å². The molecule has 3 heteroatoms. The summed E-state index contributed by atoms with van der Waals surface area (Å²) < 4.78 is 3.47. The predicted octanol–water partition coefficient (Wildman–Crippen LogP) is 3.20. The van der Waals surface area contributed by atoms with Gasteiger partial charge in [0.2, 0.25) is 0 Å². The maximum atomic E-state index is 4.61. The summed E-state index contributed by atoms with van der Waals surface area (Å²) in [6.07, 6.45) is 4.98. The Kier molecular flexibility index (Phi) is 2.62. The number of imidazole rings is 1. The van der Waals surface area contributed by atoms with Gasteiger partial charge in [-0.2, -0.15) is 0 Å². The van der Waals surface area contributed by atoms with Crippen molar-refractivity contribution < 1.29 is 0 Å².